The Balaban J connectivity index is 2.33. The number of aliphatic hydroxyl groups is 1. The standard InChI is InChI=1S/C24H48N2O2/c1-6-7-14-26-23(28)18(2)15-22(27)21(25)17-20-11-8-10-19(16-20)12-9-13-24(3,4)5/h18-22,27H,6-17,25H2,1-5H3,(H,26,28)/t18-,19-,20-,21+,22+/m1/s1. The van der Waals surface area contributed by atoms with Gasteiger partial charge in [0.25, 0.3) is 0 Å². The predicted molar refractivity (Wildman–Crippen MR) is 119 cm³/mol. The number of amides is 1. The lowest BCUT2D eigenvalue weighted by Gasteiger charge is -2.32. The molecule has 0 aromatic rings. The first-order valence-corrected chi connectivity index (χ1v) is 11.8. The molecule has 1 aliphatic rings. The highest BCUT2D eigenvalue weighted by atomic mass is 16.3. The van der Waals surface area contributed by atoms with E-state index >= 15 is 0 Å². The van der Waals surface area contributed by atoms with Gasteiger partial charge in [-0.15, -0.1) is 0 Å². The quantitative estimate of drug-likeness (QED) is 0.405. The maximum atomic E-state index is 12.1. The second kappa shape index (κ2) is 12.8. The molecule has 28 heavy (non-hydrogen) atoms. The van der Waals surface area contributed by atoms with Crippen LogP contribution in [0, 0.1) is 23.2 Å². The molecule has 4 N–H and O–H groups in total. The molecule has 1 fully saturated rings. The van der Waals surface area contributed by atoms with E-state index in [4.69, 9.17) is 5.73 Å². The van der Waals surface area contributed by atoms with Crippen LogP contribution in [0.3, 0.4) is 0 Å². The molecule has 0 unspecified atom stereocenters. The summed E-state index contributed by atoms with van der Waals surface area (Å²) in [7, 11) is 0. The number of nitrogens with one attached hydrogen (secondary N) is 1. The zero-order chi connectivity index (χ0) is 21.2. The second-order valence-electron chi connectivity index (χ2n) is 10.6. The number of aliphatic hydroxyl groups excluding tert-OH is 1. The van der Waals surface area contributed by atoms with Gasteiger partial charge in [-0.1, -0.05) is 73.1 Å². The van der Waals surface area contributed by atoms with Crippen molar-refractivity contribution in [2.24, 2.45) is 28.9 Å². The van der Waals surface area contributed by atoms with Crippen LogP contribution >= 0.6 is 0 Å². The predicted octanol–water partition coefficient (Wildman–Crippen LogP) is 5.03. The lowest BCUT2D eigenvalue weighted by molar-refractivity contribution is -0.125. The van der Waals surface area contributed by atoms with E-state index in [1.54, 1.807) is 0 Å². The summed E-state index contributed by atoms with van der Waals surface area (Å²) < 4.78 is 0. The van der Waals surface area contributed by atoms with Gasteiger partial charge in [0.05, 0.1) is 6.10 Å². The van der Waals surface area contributed by atoms with Gasteiger partial charge in [0, 0.05) is 18.5 Å². The lowest BCUT2D eigenvalue weighted by atomic mass is 9.75. The summed E-state index contributed by atoms with van der Waals surface area (Å²) in [5.74, 6) is 1.31. The molecule has 0 bridgehead atoms. The Morgan fingerprint density at radius 1 is 1.21 bits per heavy atom. The monoisotopic (exact) mass is 396 g/mol. The largest absolute Gasteiger partial charge is 0.391 e. The fourth-order valence-electron chi connectivity index (χ4n) is 4.55. The van der Waals surface area contributed by atoms with Gasteiger partial charge in [0.1, 0.15) is 0 Å². The minimum atomic E-state index is -0.590. The topological polar surface area (TPSA) is 75.3 Å². The molecule has 4 heteroatoms. The molecule has 5 atom stereocenters. The molecule has 1 saturated carbocycles. The van der Waals surface area contributed by atoms with E-state index in [1.807, 2.05) is 6.92 Å². The van der Waals surface area contributed by atoms with Gasteiger partial charge in [0.15, 0.2) is 0 Å². The molecule has 1 amide bonds. The lowest BCUT2D eigenvalue weighted by Crippen LogP contribution is -2.40. The summed E-state index contributed by atoms with van der Waals surface area (Å²) in [5, 5.41) is 13.5. The summed E-state index contributed by atoms with van der Waals surface area (Å²) in [6.07, 6.45) is 11.9. The first-order valence-electron chi connectivity index (χ1n) is 11.8. The SMILES string of the molecule is CCCCNC(=O)[C@H](C)C[C@H](O)[C@@H](N)C[C@@H]1CCC[C@H](CCCC(C)(C)C)C1. The first-order chi connectivity index (χ1) is 13.1. The van der Waals surface area contributed by atoms with Crippen LogP contribution in [0.2, 0.25) is 0 Å². The van der Waals surface area contributed by atoms with Crippen LogP contribution in [0.15, 0.2) is 0 Å². The van der Waals surface area contributed by atoms with Crippen LogP contribution in [0.25, 0.3) is 0 Å². The van der Waals surface area contributed by atoms with Gasteiger partial charge in [-0.3, -0.25) is 4.79 Å². The third-order valence-electron chi connectivity index (χ3n) is 6.40. The molecular weight excluding hydrogens is 348 g/mol. The summed E-state index contributed by atoms with van der Waals surface area (Å²) in [5.41, 5.74) is 6.77. The van der Waals surface area contributed by atoms with Crippen LogP contribution in [0.4, 0.5) is 0 Å². The normalized spacial score (nSPS) is 23.8. The van der Waals surface area contributed by atoms with E-state index in [-0.39, 0.29) is 17.9 Å². The third-order valence-corrected chi connectivity index (χ3v) is 6.40. The van der Waals surface area contributed by atoms with E-state index in [2.05, 4.69) is 33.0 Å². The van der Waals surface area contributed by atoms with Crippen LogP contribution in [-0.4, -0.2) is 29.7 Å². The van der Waals surface area contributed by atoms with Crippen molar-refractivity contribution in [3.63, 3.8) is 0 Å². The Morgan fingerprint density at radius 2 is 1.89 bits per heavy atom. The number of hydrogen-bond donors (Lipinski definition) is 3. The van der Waals surface area contributed by atoms with Gasteiger partial charge in [-0.05, 0) is 49.4 Å². The smallest absolute Gasteiger partial charge is 0.222 e. The van der Waals surface area contributed by atoms with E-state index < -0.39 is 6.10 Å². The molecular formula is C24H48N2O2. The van der Waals surface area contributed by atoms with Crippen molar-refractivity contribution in [3.8, 4) is 0 Å². The molecule has 0 heterocycles. The average Bonchev–Trinajstić information content (AvgIpc) is 2.61. The first kappa shape index (κ1) is 25.4. The molecule has 1 aliphatic carbocycles. The number of carbonyl (C=O) groups is 1. The van der Waals surface area contributed by atoms with E-state index in [1.165, 1.54) is 44.9 Å². The van der Waals surface area contributed by atoms with E-state index in [0.717, 1.165) is 31.7 Å². The fourth-order valence-corrected chi connectivity index (χ4v) is 4.55. The zero-order valence-corrected chi connectivity index (χ0v) is 19.3. The maximum absolute atomic E-state index is 12.1. The summed E-state index contributed by atoms with van der Waals surface area (Å²) in [6.45, 7) is 11.7. The highest BCUT2D eigenvalue weighted by Gasteiger charge is 2.28. The van der Waals surface area contributed by atoms with Gasteiger partial charge in [0.2, 0.25) is 5.91 Å². The average molecular weight is 397 g/mol. The maximum Gasteiger partial charge on any atom is 0.222 e. The molecule has 0 aromatic carbocycles. The van der Waals surface area contributed by atoms with Gasteiger partial charge in [-0.2, -0.15) is 0 Å². The van der Waals surface area contributed by atoms with E-state index in [9.17, 15) is 9.90 Å². The number of hydrogen-bond acceptors (Lipinski definition) is 3. The molecule has 0 saturated heterocycles. The van der Waals surface area contributed by atoms with Crippen molar-refractivity contribution in [1.29, 1.82) is 0 Å². The van der Waals surface area contributed by atoms with Crippen molar-refractivity contribution < 1.29 is 9.90 Å². The van der Waals surface area contributed by atoms with Crippen molar-refractivity contribution in [2.75, 3.05) is 6.54 Å². The summed E-state index contributed by atoms with van der Waals surface area (Å²) in [6, 6.07) is -0.218. The number of nitrogens with two attached hydrogens (primary N) is 1. The Bertz CT molecular complexity index is 433. The van der Waals surface area contributed by atoms with Crippen LogP contribution in [0.1, 0.15) is 105 Å². The molecule has 1 rings (SSSR count). The second-order valence-corrected chi connectivity index (χ2v) is 10.6. The Labute approximate surface area is 174 Å². The molecule has 166 valence electrons. The molecule has 0 radical (unpaired) electrons. The Kier molecular flexibility index (Phi) is 11.7. The molecule has 4 nitrogen and oxygen atoms in total. The highest BCUT2D eigenvalue weighted by molar-refractivity contribution is 5.78. The van der Waals surface area contributed by atoms with Crippen molar-refractivity contribution in [1.82, 2.24) is 5.32 Å². The number of carbonyl (C=O) groups excluding carboxylic acids is 1. The molecule has 0 aliphatic heterocycles. The minimum Gasteiger partial charge on any atom is -0.391 e. The third kappa shape index (κ3) is 10.8. The van der Waals surface area contributed by atoms with E-state index in [0.29, 0.717) is 17.8 Å². The van der Waals surface area contributed by atoms with Crippen molar-refractivity contribution in [3.05, 3.63) is 0 Å². The van der Waals surface area contributed by atoms with Gasteiger partial charge >= 0.3 is 0 Å². The zero-order valence-electron chi connectivity index (χ0n) is 19.3. The van der Waals surface area contributed by atoms with Crippen molar-refractivity contribution >= 4 is 5.91 Å². The Hall–Kier alpha value is -0.610. The Morgan fingerprint density at radius 3 is 2.54 bits per heavy atom. The molecule has 0 aromatic heterocycles. The fraction of sp³-hybridized carbons (Fsp3) is 0.958. The number of rotatable bonds is 12. The summed E-state index contributed by atoms with van der Waals surface area (Å²) >= 11 is 0. The minimum absolute atomic E-state index is 0.0382. The van der Waals surface area contributed by atoms with Crippen LogP contribution < -0.4 is 11.1 Å². The van der Waals surface area contributed by atoms with Gasteiger partial charge < -0.3 is 16.2 Å². The molecule has 0 spiro atoms. The highest BCUT2D eigenvalue weighted by Crippen LogP contribution is 2.36. The van der Waals surface area contributed by atoms with Crippen LogP contribution in [-0.2, 0) is 4.79 Å². The van der Waals surface area contributed by atoms with Crippen molar-refractivity contribution in [2.45, 2.75) is 117 Å². The van der Waals surface area contributed by atoms with Crippen LogP contribution in [0.5, 0.6) is 0 Å². The van der Waals surface area contributed by atoms with Gasteiger partial charge in [-0.25, -0.2) is 0 Å². The number of unbranched alkanes of at least 4 members (excludes halogenated alkanes) is 1. The summed E-state index contributed by atoms with van der Waals surface area (Å²) in [4.78, 5) is 12.1.